The molecule has 0 aliphatic heterocycles. The molecule has 0 unspecified atom stereocenters. The minimum atomic E-state index is -4.93. The highest BCUT2D eigenvalue weighted by atomic mass is 19.4. The van der Waals surface area contributed by atoms with Crippen LogP contribution in [0.25, 0.3) is 21.9 Å². The van der Waals surface area contributed by atoms with Gasteiger partial charge in [-0.2, -0.15) is 0 Å². The van der Waals surface area contributed by atoms with Gasteiger partial charge in [-0.15, -0.1) is 13.2 Å². The van der Waals surface area contributed by atoms with Crippen molar-refractivity contribution in [2.75, 3.05) is 0 Å². The van der Waals surface area contributed by atoms with Gasteiger partial charge >= 0.3 is 6.36 Å². The van der Waals surface area contributed by atoms with Crippen LogP contribution in [0.3, 0.4) is 0 Å². The Morgan fingerprint density at radius 2 is 1.46 bits per heavy atom. The van der Waals surface area contributed by atoms with Gasteiger partial charge in [0.2, 0.25) is 0 Å². The Morgan fingerprint density at radius 3 is 2.11 bits per heavy atom. The number of fused-ring (bicyclic) bond motifs is 1. The Labute approximate surface area is 205 Å². The smallest absolute Gasteiger partial charge is 0.403 e. The van der Waals surface area contributed by atoms with E-state index in [1.807, 2.05) is 0 Å². The second kappa shape index (κ2) is 11.5. The van der Waals surface area contributed by atoms with E-state index < -0.39 is 17.9 Å². The standard InChI is InChI=1S/C30H34F4O/c1-2-3-4-5-21-6-8-22(9-7-21)10-11-23-12-14-24(15-13-23)25-16-18-27-26(20-25)17-19-28(29(27)31)35-30(32,33)34/h12-22H,2-11H2,1H3/t21-,22-. The van der Waals surface area contributed by atoms with Crippen molar-refractivity contribution < 1.29 is 22.3 Å². The monoisotopic (exact) mass is 486 g/mol. The molecule has 188 valence electrons. The molecule has 0 bridgehead atoms. The summed E-state index contributed by atoms with van der Waals surface area (Å²) in [5.74, 6) is -0.0428. The fourth-order valence-corrected chi connectivity index (χ4v) is 5.38. The highest BCUT2D eigenvalue weighted by Gasteiger charge is 2.32. The SMILES string of the molecule is CCCCC[C@H]1CC[C@H](CCc2ccc(-c3ccc4c(F)c(OC(F)(F)F)ccc4c3)cc2)CC1. The van der Waals surface area contributed by atoms with Crippen LogP contribution in [-0.4, -0.2) is 6.36 Å². The molecule has 0 heterocycles. The summed E-state index contributed by atoms with van der Waals surface area (Å²) in [6, 6.07) is 16.0. The van der Waals surface area contributed by atoms with Crippen molar-refractivity contribution in [2.45, 2.75) is 77.5 Å². The second-order valence-electron chi connectivity index (χ2n) is 9.98. The zero-order valence-electron chi connectivity index (χ0n) is 20.3. The molecule has 0 aromatic heterocycles. The van der Waals surface area contributed by atoms with E-state index in [4.69, 9.17) is 0 Å². The quantitative estimate of drug-likeness (QED) is 0.216. The van der Waals surface area contributed by atoms with Crippen LogP contribution >= 0.6 is 0 Å². The van der Waals surface area contributed by atoms with Crippen molar-refractivity contribution >= 4 is 10.8 Å². The molecule has 0 atom stereocenters. The van der Waals surface area contributed by atoms with Crippen LogP contribution < -0.4 is 4.74 Å². The van der Waals surface area contributed by atoms with E-state index in [0.29, 0.717) is 5.39 Å². The maximum atomic E-state index is 14.5. The number of aryl methyl sites for hydroxylation is 1. The van der Waals surface area contributed by atoms with Crippen LogP contribution in [0.5, 0.6) is 5.75 Å². The summed E-state index contributed by atoms with van der Waals surface area (Å²) < 4.78 is 55.7. The number of halogens is 4. The van der Waals surface area contributed by atoms with Crippen LogP contribution in [0.1, 0.15) is 70.3 Å². The zero-order chi connectivity index (χ0) is 24.8. The van der Waals surface area contributed by atoms with Crippen molar-refractivity contribution in [3.05, 3.63) is 66.0 Å². The lowest BCUT2D eigenvalue weighted by molar-refractivity contribution is -0.275. The van der Waals surface area contributed by atoms with E-state index >= 15 is 0 Å². The van der Waals surface area contributed by atoms with Crippen LogP contribution in [0.2, 0.25) is 0 Å². The predicted molar refractivity (Wildman–Crippen MR) is 134 cm³/mol. The van der Waals surface area contributed by atoms with Crippen molar-refractivity contribution in [1.82, 2.24) is 0 Å². The molecular weight excluding hydrogens is 452 g/mol. The third-order valence-electron chi connectivity index (χ3n) is 7.46. The topological polar surface area (TPSA) is 9.23 Å². The number of alkyl halides is 3. The first-order valence-electron chi connectivity index (χ1n) is 12.9. The Bertz CT molecular complexity index is 1100. The Hall–Kier alpha value is -2.56. The van der Waals surface area contributed by atoms with E-state index in [1.54, 1.807) is 12.1 Å². The highest BCUT2D eigenvalue weighted by molar-refractivity contribution is 5.89. The van der Waals surface area contributed by atoms with Crippen molar-refractivity contribution in [3.8, 4) is 16.9 Å². The largest absolute Gasteiger partial charge is 0.573 e. The number of ether oxygens (including phenoxy) is 1. The molecule has 1 nitrogen and oxygen atoms in total. The molecule has 1 saturated carbocycles. The first-order chi connectivity index (χ1) is 16.8. The molecule has 35 heavy (non-hydrogen) atoms. The summed E-state index contributed by atoms with van der Waals surface area (Å²) in [6.45, 7) is 2.27. The minimum absolute atomic E-state index is 0.104. The average molecular weight is 487 g/mol. The van der Waals surface area contributed by atoms with E-state index in [9.17, 15) is 17.6 Å². The first-order valence-corrected chi connectivity index (χ1v) is 12.9. The van der Waals surface area contributed by atoms with E-state index in [-0.39, 0.29) is 5.39 Å². The predicted octanol–water partition coefficient (Wildman–Crippen LogP) is 9.86. The Morgan fingerprint density at radius 1 is 0.800 bits per heavy atom. The molecule has 1 aliphatic carbocycles. The molecule has 3 aromatic carbocycles. The van der Waals surface area contributed by atoms with Crippen LogP contribution in [0.15, 0.2) is 54.6 Å². The van der Waals surface area contributed by atoms with Gasteiger partial charge in [0.15, 0.2) is 11.6 Å². The number of benzene rings is 3. The van der Waals surface area contributed by atoms with Crippen molar-refractivity contribution in [1.29, 1.82) is 0 Å². The third-order valence-corrected chi connectivity index (χ3v) is 7.46. The maximum absolute atomic E-state index is 14.5. The van der Waals surface area contributed by atoms with E-state index in [1.165, 1.54) is 75.5 Å². The van der Waals surface area contributed by atoms with Gasteiger partial charge < -0.3 is 4.74 Å². The molecular formula is C30H34F4O. The molecule has 0 saturated heterocycles. The van der Waals surface area contributed by atoms with Crippen molar-refractivity contribution in [2.24, 2.45) is 11.8 Å². The number of hydrogen-bond acceptors (Lipinski definition) is 1. The van der Waals surface area contributed by atoms with Gasteiger partial charge in [-0.25, -0.2) is 4.39 Å². The van der Waals surface area contributed by atoms with E-state index in [0.717, 1.165) is 35.4 Å². The molecule has 1 aliphatic rings. The lowest BCUT2D eigenvalue weighted by Gasteiger charge is -2.28. The Kier molecular flexibility index (Phi) is 8.35. The summed E-state index contributed by atoms with van der Waals surface area (Å²) in [4.78, 5) is 0. The lowest BCUT2D eigenvalue weighted by Crippen LogP contribution is -2.17. The summed E-state index contributed by atoms with van der Waals surface area (Å²) in [5, 5.41) is 0.635. The summed E-state index contributed by atoms with van der Waals surface area (Å²) >= 11 is 0. The fourth-order valence-electron chi connectivity index (χ4n) is 5.38. The Balaban J connectivity index is 1.34. The molecule has 1 fully saturated rings. The molecule has 5 heteroatoms. The maximum Gasteiger partial charge on any atom is 0.573 e. The molecule has 4 rings (SSSR count). The molecule has 3 aromatic rings. The third kappa shape index (κ3) is 6.99. The molecule has 0 N–H and O–H groups in total. The first kappa shape index (κ1) is 25.5. The van der Waals surface area contributed by atoms with Gasteiger partial charge in [-0.05, 0) is 58.9 Å². The van der Waals surface area contributed by atoms with Gasteiger partial charge in [0.25, 0.3) is 0 Å². The molecule has 0 spiro atoms. The molecule has 0 radical (unpaired) electrons. The number of unbranched alkanes of at least 4 members (excludes halogenated alkanes) is 2. The summed E-state index contributed by atoms with van der Waals surface area (Å²) in [6.07, 6.45) is 8.34. The van der Waals surface area contributed by atoms with E-state index in [2.05, 4.69) is 35.9 Å². The summed E-state index contributed by atoms with van der Waals surface area (Å²) in [5.41, 5.74) is 3.22. The highest BCUT2D eigenvalue weighted by Crippen LogP contribution is 2.35. The number of hydrogen-bond donors (Lipinski definition) is 0. The minimum Gasteiger partial charge on any atom is -0.403 e. The van der Waals surface area contributed by atoms with Gasteiger partial charge in [0.1, 0.15) is 0 Å². The van der Waals surface area contributed by atoms with Gasteiger partial charge in [-0.1, -0.05) is 101 Å². The lowest BCUT2D eigenvalue weighted by atomic mass is 9.78. The van der Waals surface area contributed by atoms with Gasteiger partial charge in [0, 0.05) is 5.39 Å². The molecule has 0 amide bonds. The van der Waals surface area contributed by atoms with Gasteiger partial charge in [-0.3, -0.25) is 0 Å². The fraction of sp³-hybridized carbons (Fsp3) is 0.467. The van der Waals surface area contributed by atoms with Crippen LogP contribution in [0.4, 0.5) is 17.6 Å². The van der Waals surface area contributed by atoms with Crippen LogP contribution in [-0.2, 0) is 6.42 Å². The summed E-state index contributed by atoms with van der Waals surface area (Å²) in [7, 11) is 0. The normalized spacial score (nSPS) is 18.7. The number of rotatable bonds is 9. The van der Waals surface area contributed by atoms with Crippen LogP contribution in [0, 0.1) is 17.7 Å². The van der Waals surface area contributed by atoms with Gasteiger partial charge in [0.05, 0.1) is 0 Å². The second-order valence-corrected chi connectivity index (χ2v) is 9.98. The zero-order valence-corrected chi connectivity index (χ0v) is 20.3. The average Bonchev–Trinajstić information content (AvgIpc) is 2.85. The van der Waals surface area contributed by atoms with Crippen molar-refractivity contribution in [3.63, 3.8) is 0 Å².